The van der Waals surface area contributed by atoms with E-state index in [4.69, 9.17) is 0 Å². The maximum absolute atomic E-state index is 11.6. The van der Waals surface area contributed by atoms with E-state index in [1.807, 2.05) is 26.0 Å². The van der Waals surface area contributed by atoms with Crippen LogP contribution < -0.4 is 5.32 Å². The number of aryl methyl sites for hydroxylation is 1. The highest BCUT2D eigenvalue weighted by atomic mass is 16.3. The average molecular weight is 236 g/mol. The molecule has 2 N–H and O–H groups in total. The second-order valence-electron chi connectivity index (χ2n) is 4.47. The zero-order valence-corrected chi connectivity index (χ0v) is 10.8. The molecule has 1 aromatic rings. The lowest BCUT2D eigenvalue weighted by atomic mass is 10.1. The van der Waals surface area contributed by atoms with Gasteiger partial charge in [0.25, 0.3) is 0 Å². The van der Waals surface area contributed by atoms with Gasteiger partial charge in [-0.3, -0.25) is 4.79 Å². The van der Waals surface area contributed by atoms with Gasteiger partial charge in [0.15, 0.2) is 0 Å². The fraction of sp³-hybridized carbons (Fsp3) is 0.462. The Morgan fingerprint density at radius 3 is 2.71 bits per heavy atom. The maximum Gasteiger partial charge on any atom is 0.238 e. The molecule has 0 radical (unpaired) electrons. The largest absolute Gasteiger partial charge is 0.508 e. The number of aromatic hydroxyl groups is 1. The van der Waals surface area contributed by atoms with Gasteiger partial charge in [0, 0.05) is 26.2 Å². The van der Waals surface area contributed by atoms with Gasteiger partial charge >= 0.3 is 0 Å². The first-order valence-corrected chi connectivity index (χ1v) is 5.65. The number of phenolic OH excluding ortho intramolecular Hbond substituents is 1. The summed E-state index contributed by atoms with van der Waals surface area (Å²) >= 11 is 0. The van der Waals surface area contributed by atoms with Crippen molar-refractivity contribution in [2.24, 2.45) is 0 Å². The molecule has 4 heteroatoms. The molecular formula is C13H20N2O2. The third-order valence-corrected chi connectivity index (χ3v) is 2.64. The first-order valence-electron chi connectivity index (χ1n) is 5.65. The SMILES string of the molecule is Cc1ccc(O)c(CNC(C)C(=O)N(C)C)c1. The summed E-state index contributed by atoms with van der Waals surface area (Å²) < 4.78 is 0. The summed E-state index contributed by atoms with van der Waals surface area (Å²) in [4.78, 5) is 13.2. The monoisotopic (exact) mass is 236 g/mol. The van der Waals surface area contributed by atoms with E-state index in [2.05, 4.69) is 5.32 Å². The van der Waals surface area contributed by atoms with Crippen LogP contribution in [0.2, 0.25) is 0 Å². The first-order chi connectivity index (χ1) is 7.91. The van der Waals surface area contributed by atoms with E-state index in [1.165, 1.54) is 0 Å². The fourth-order valence-electron chi connectivity index (χ4n) is 1.59. The van der Waals surface area contributed by atoms with E-state index in [0.29, 0.717) is 6.54 Å². The number of benzene rings is 1. The van der Waals surface area contributed by atoms with Crippen molar-refractivity contribution in [2.45, 2.75) is 26.4 Å². The van der Waals surface area contributed by atoms with Crippen LogP contribution in [0.15, 0.2) is 18.2 Å². The van der Waals surface area contributed by atoms with Crippen LogP contribution in [0.25, 0.3) is 0 Å². The van der Waals surface area contributed by atoms with Gasteiger partial charge < -0.3 is 15.3 Å². The van der Waals surface area contributed by atoms with E-state index in [-0.39, 0.29) is 17.7 Å². The second-order valence-corrected chi connectivity index (χ2v) is 4.47. The van der Waals surface area contributed by atoms with E-state index in [9.17, 15) is 9.90 Å². The van der Waals surface area contributed by atoms with Crippen molar-refractivity contribution in [3.63, 3.8) is 0 Å². The Balaban J connectivity index is 2.61. The minimum atomic E-state index is -0.259. The van der Waals surface area contributed by atoms with Crippen LogP contribution in [-0.4, -0.2) is 36.1 Å². The molecule has 0 aliphatic heterocycles. The molecule has 0 aliphatic carbocycles. The third kappa shape index (κ3) is 3.75. The highest BCUT2D eigenvalue weighted by Crippen LogP contribution is 2.17. The number of carbonyl (C=O) groups excluding carboxylic acids is 1. The predicted octanol–water partition coefficient (Wildman–Crippen LogP) is 1.27. The molecule has 0 saturated heterocycles. The molecule has 0 aliphatic rings. The molecule has 1 atom stereocenters. The lowest BCUT2D eigenvalue weighted by Gasteiger charge is -2.18. The van der Waals surface area contributed by atoms with Crippen LogP contribution in [0, 0.1) is 6.92 Å². The standard InChI is InChI=1S/C13H20N2O2/c1-9-5-6-12(16)11(7-9)8-14-10(2)13(17)15(3)4/h5-7,10,14,16H,8H2,1-4H3. The second kappa shape index (κ2) is 5.68. The molecule has 1 amide bonds. The molecule has 0 saturated carbocycles. The highest BCUT2D eigenvalue weighted by molar-refractivity contribution is 5.80. The van der Waals surface area contributed by atoms with E-state index < -0.39 is 0 Å². The summed E-state index contributed by atoms with van der Waals surface area (Å²) in [5.74, 6) is 0.282. The Labute approximate surface area is 102 Å². The fourth-order valence-corrected chi connectivity index (χ4v) is 1.59. The van der Waals surface area contributed by atoms with Crippen LogP contribution in [0.4, 0.5) is 0 Å². The molecule has 0 bridgehead atoms. The van der Waals surface area contributed by atoms with Crippen LogP contribution >= 0.6 is 0 Å². The van der Waals surface area contributed by atoms with Gasteiger partial charge in [-0.05, 0) is 19.9 Å². The van der Waals surface area contributed by atoms with Gasteiger partial charge in [-0.15, -0.1) is 0 Å². The van der Waals surface area contributed by atoms with Crippen LogP contribution in [0.5, 0.6) is 5.75 Å². The Bertz CT molecular complexity index is 402. The summed E-state index contributed by atoms with van der Waals surface area (Å²) in [6.45, 7) is 4.26. The summed E-state index contributed by atoms with van der Waals surface area (Å²) in [6, 6.07) is 5.18. The van der Waals surface area contributed by atoms with Gasteiger partial charge in [-0.2, -0.15) is 0 Å². The van der Waals surface area contributed by atoms with Crippen LogP contribution in [-0.2, 0) is 11.3 Å². The molecule has 94 valence electrons. The van der Waals surface area contributed by atoms with Crippen LogP contribution in [0.3, 0.4) is 0 Å². The van der Waals surface area contributed by atoms with Gasteiger partial charge in [-0.25, -0.2) is 0 Å². The van der Waals surface area contributed by atoms with Gasteiger partial charge in [0.2, 0.25) is 5.91 Å². The van der Waals surface area contributed by atoms with Crippen molar-refractivity contribution in [3.8, 4) is 5.75 Å². The lowest BCUT2D eigenvalue weighted by molar-refractivity contribution is -0.130. The molecule has 0 heterocycles. The zero-order valence-electron chi connectivity index (χ0n) is 10.8. The Morgan fingerprint density at radius 1 is 1.47 bits per heavy atom. The van der Waals surface area contributed by atoms with Crippen molar-refractivity contribution in [3.05, 3.63) is 29.3 Å². The quantitative estimate of drug-likeness (QED) is 0.827. The molecule has 0 fully saturated rings. The maximum atomic E-state index is 11.6. The van der Waals surface area contributed by atoms with Crippen molar-refractivity contribution in [2.75, 3.05) is 14.1 Å². The molecule has 4 nitrogen and oxygen atoms in total. The summed E-state index contributed by atoms with van der Waals surface area (Å²) in [5.41, 5.74) is 1.90. The minimum absolute atomic E-state index is 0.0251. The number of nitrogens with zero attached hydrogens (tertiary/aromatic N) is 1. The normalized spacial score (nSPS) is 12.2. The summed E-state index contributed by atoms with van der Waals surface area (Å²) in [5, 5.41) is 12.8. The Hall–Kier alpha value is -1.55. The number of hydrogen-bond donors (Lipinski definition) is 2. The zero-order chi connectivity index (χ0) is 13.0. The number of likely N-dealkylation sites (N-methyl/N-ethyl adjacent to an activating group) is 1. The summed E-state index contributed by atoms with van der Waals surface area (Å²) in [7, 11) is 3.45. The molecule has 1 aromatic carbocycles. The first kappa shape index (κ1) is 13.5. The Kier molecular flexibility index (Phi) is 4.52. The molecule has 0 aromatic heterocycles. The van der Waals surface area contributed by atoms with Crippen molar-refractivity contribution < 1.29 is 9.90 Å². The van der Waals surface area contributed by atoms with Crippen molar-refractivity contribution in [1.82, 2.24) is 10.2 Å². The molecule has 1 unspecified atom stereocenters. The number of carbonyl (C=O) groups is 1. The third-order valence-electron chi connectivity index (χ3n) is 2.64. The number of phenols is 1. The number of hydrogen-bond acceptors (Lipinski definition) is 3. The van der Waals surface area contributed by atoms with Crippen molar-refractivity contribution in [1.29, 1.82) is 0 Å². The average Bonchev–Trinajstić information content (AvgIpc) is 2.28. The number of amides is 1. The molecular weight excluding hydrogens is 216 g/mol. The lowest BCUT2D eigenvalue weighted by Crippen LogP contribution is -2.41. The topological polar surface area (TPSA) is 52.6 Å². The van der Waals surface area contributed by atoms with E-state index in [0.717, 1.165) is 11.1 Å². The van der Waals surface area contributed by atoms with Gasteiger partial charge in [-0.1, -0.05) is 17.7 Å². The molecule has 0 spiro atoms. The van der Waals surface area contributed by atoms with E-state index in [1.54, 1.807) is 25.1 Å². The van der Waals surface area contributed by atoms with Crippen LogP contribution in [0.1, 0.15) is 18.1 Å². The predicted molar refractivity (Wildman–Crippen MR) is 67.8 cm³/mol. The number of rotatable bonds is 4. The van der Waals surface area contributed by atoms with Gasteiger partial charge in [0.05, 0.1) is 6.04 Å². The van der Waals surface area contributed by atoms with E-state index >= 15 is 0 Å². The van der Waals surface area contributed by atoms with Gasteiger partial charge in [0.1, 0.15) is 5.75 Å². The Morgan fingerprint density at radius 2 is 2.12 bits per heavy atom. The smallest absolute Gasteiger partial charge is 0.238 e. The summed E-state index contributed by atoms with van der Waals surface area (Å²) in [6.07, 6.45) is 0. The minimum Gasteiger partial charge on any atom is -0.508 e. The van der Waals surface area contributed by atoms with Crippen molar-refractivity contribution >= 4 is 5.91 Å². The highest BCUT2D eigenvalue weighted by Gasteiger charge is 2.14. The number of nitrogens with one attached hydrogen (secondary N) is 1. The molecule has 1 rings (SSSR count). The molecule has 17 heavy (non-hydrogen) atoms.